The SMILES string of the molecule is CO[Si](CCCN1CCN(c2ccccc2)C1=O)(OC)OC. The molecule has 1 saturated heterocycles. The van der Waals surface area contributed by atoms with Gasteiger partial charge in [0.1, 0.15) is 0 Å². The van der Waals surface area contributed by atoms with Gasteiger partial charge in [0.25, 0.3) is 0 Å². The van der Waals surface area contributed by atoms with Gasteiger partial charge in [0, 0.05) is 52.7 Å². The quantitative estimate of drug-likeness (QED) is 0.688. The number of carbonyl (C=O) groups excluding carboxylic acids is 1. The summed E-state index contributed by atoms with van der Waals surface area (Å²) in [4.78, 5) is 16.1. The number of benzene rings is 1. The van der Waals surface area contributed by atoms with Crippen molar-refractivity contribution in [1.82, 2.24) is 4.90 Å². The minimum atomic E-state index is -2.54. The van der Waals surface area contributed by atoms with Crippen molar-refractivity contribution in [1.29, 1.82) is 0 Å². The van der Waals surface area contributed by atoms with Gasteiger partial charge in [-0.1, -0.05) is 18.2 Å². The maximum Gasteiger partial charge on any atom is 0.500 e. The van der Waals surface area contributed by atoms with Gasteiger partial charge in [-0.15, -0.1) is 0 Å². The van der Waals surface area contributed by atoms with E-state index in [4.69, 9.17) is 13.3 Å². The summed E-state index contributed by atoms with van der Waals surface area (Å²) in [6.07, 6.45) is 0.802. The molecule has 0 aromatic heterocycles. The van der Waals surface area contributed by atoms with E-state index in [0.717, 1.165) is 25.2 Å². The highest BCUT2D eigenvalue weighted by molar-refractivity contribution is 6.60. The number of rotatable bonds is 8. The largest absolute Gasteiger partial charge is 0.500 e. The van der Waals surface area contributed by atoms with E-state index in [1.165, 1.54) is 0 Å². The van der Waals surface area contributed by atoms with Gasteiger partial charge in [-0.25, -0.2) is 4.79 Å². The molecule has 2 amide bonds. The van der Waals surface area contributed by atoms with Crippen molar-refractivity contribution in [3.05, 3.63) is 30.3 Å². The zero-order valence-electron chi connectivity index (χ0n) is 13.4. The first-order valence-electron chi connectivity index (χ1n) is 7.42. The minimum absolute atomic E-state index is 0.0608. The predicted molar refractivity (Wildman–Crippen MR) is 87.0 cm³/mol. The van der Waals surface area contributed by atoms with E-state index < -0.39 is 8.80 Å². The van der Waals surface area contributed by atoms with Crippen LogP contribution < -0.4 is 4.90 Å². The molecular formula is C15H24N2O4Si. The molecule has 6 nitrogen and oxygen atoms in total. The van der Waals surface area contributed by atoms with Crippen LogP contribution >= 0.6 is 0 Å². The lowest BCUT2D eigenvalue weighted by Crippen LogP contribution is -2.43. The van der Waals surface area contributed by atoms with Gasteiger partial charge < -0.3 is 18.2 Å². The summed E-state index contributed by atoms with van der Waals surface area (Å²) < 4.78 is 16.2. The predicted octanol–water partition coefficient (Wildman–Crippen LogP) is 2.20. The number of hydrogen-bond acceptors (Lipinski definition) is 4. The van der Waals surface area contributed by atoms with E-state index in [9.17, 15) is 4.79 Å². The number of anilines is 1. The van der Waals surface area contributed by atoms with Crippen molar-refractivity contribution >= 4 is 20.5 Å². The lowest BCUT2D eigenvalue weighted by molar-refractivity contribution is 0.122. The molecule has 0 N–H and O–H groups in total. The Kier molecular flexibility index (Phi) is 5.96. The average Bonchev–Trinajstić information content (AvgIpc) is 2.94. The summed E-state index contributed by atoms with van der Waals surface area (Å²) in [6.45, 7) is 2.16. The molecule has 1 heterocycles. The second-order valence-corrected chi connectivity index (χ2v) is 8.25. The molecule has 1 aliphatic rings. The second-order valence-electron chi connectivity index (χ2n) is 5.16. The highest BCUT2D eigenvalue weighted by Gasteiger charge is 2.38. The molecule has 0 spiro atoms. The Morgan fingerprint density at radius 3 is 2.27 bits per heavy atom. The lowest BCUT2D eigenvalue weighted by Gasteiger charge is -2.25. The fourth-order valence-electron chi connectivity index (χ4n) is 2.68. The standard InChI is InChI=1S/C15H24N2O4Si/c1-19-22(20-2,21-3)13-7-10-16-11-12-17(15(16)18)14-8-5-4-6-9-14/h4-6,8-9H,7,10-13H2,1-3H3. The van der Waals surface area contributed by atoms with Gasteiger partial charge in [-0.2, -0.15) is 0 Å². The van der Waals surface area contributed by atoms with E-state index in [2.05, 4.69) is 0 Å². The molecule has 2 rings (SSSR count). The van der Waals surface area contributed by atoms with Crippen LogP contribution in [-0.4, -0.2) is 60.7 Å². The normalized spacial score (nSPS) is 15.7. The van der Waals surface area contributed by atoms with Crippen molar-refractivity contribution in [2.24, 2.45) is 0 Å². The maximum absolute atomic E-state index is 12.4. The second kappa shape index (κ2) is 7.73. The van der Waals surface area contributed by atoms with Gasteiger partial charge in [0.2, 0.25) is 0 Å². The van der Waals surface area contributed by atoms with Gasteiger partial charge in [0.15, 0.2) is 0 Å². The Bertz CT molecular complexity index is 473. The Hall–Kier alpha value is -1.41. The fourth-order valence-corrected chi connectivity index (χ4v) is 4.38. The summed E-state index contributed by atoms with van der Waals surface area (Å²) in [7, 11) is 2.28. The van der Waals surface area contributed by atoms with Crippen LogP contribution in [-0.2, 0) is 13.3 Å². The van der Waals surface area contributed by atoms with Crippen molar-refractivity contribution < 1.29 is 18.1 Å². The lowest BCUT2D eigenvalue weighted by atomic mass is 10.3. The molecule has 122 valence electrons. The third kappa shape index (κ3) is 3.67. The Morgan fingerprint density at radius 1 is 1.05 bits per heavy atom. The zero-order valence-corrected chi connectivity index (χ0v) is 14.4. The van der Waals surface area contributed by atoms with E-state index in [-0.39, 0.29) is 6.03 Å². The van der Waals surface area contributed by atoms with Gasteiger partial charge in [-0.05, 0) is 18.6 Å². The summed E-state index contributed by atoms with van der Waals surface area (Å²) in [5.74, 6) is 0. The Labute approximate surface area is 132 Å². The molecule has 1 aliphatic heterocycles. The monoisotopic (exact) mass is 324 g/mol. The maximum atomic E-state index is 12.4. The number of hydrogen-bond donors (Lipinski definition) is 0. The third-order valence-electron chi connectivity index (χ3n) is 4.01. The molecule has 0 saturated carbocycles. The average molecular weight is 324 g/mol. The molecule has 0 unspecified atom stereocenters. The topological polar surface area (TPSA) is 51.2 Å². The van der Waals surface area contributed by atoms with Gasteiger partial charge in [-0.3, -0.25) is 4.90 Å². The van der Waals surface area contributed by atoms with Gasteiger partial charge >= 0.3 is 14.8 Å². The van der Waals surface area contributed by atoms with Crippen LogP contribution in [0.25, 0.3) is 0 Å². The first-order valence-corrected chi connectivity index (χ1v) is 9.36. The first-order chi connectivity index (χ1) is 10.7. The number of amides is 2. The summed E-state index contributed by atoms with van der Waals surface area (Å²) >= 11 is 0. The first kappa shape index (κ1) is 16.9. The number of carbonyl (C=O) groups is 1. The smallest absolute Gasteiger partial charge is 0.377 e. The highest BCUT2D eigenvalue weighted by atomic mass is 28.4. The zero-order chi connectivity index (χ0) is 16.0. The van der Waals surface area contributed by atoms with Crippen molar-refractivity contribution in [2.75, 3.05) is 45.9 Å². The number of para-hydroxylation sites is 1. The fraction of sp³-hybridized carbons (Fsp3) is 0.533. The van der Waals surface area contributed by atoms with Crippen LogP contribution in [0.1, 0.15) is 6.42 Å². The molecule has 0 atom stereocenters. The van der Waals surface area contributed by atoms with Crippen LogP contribution in [0.15, 0.2) is 30.3 Å². The Morgan fingerprint density at radius 2 is 1.68 bits per heavy atom. The molecular weight excluding hydrogens is 300 g/mol. The number of urea groups is 1. The van der Waals surface area contributed by atoms with E-state index in [1.807, 2.05) is 40.1 Å². The highest BCUT2D eigenvalue weighted by Crippen LogP contribution is 2.21. The minimum Gasteiger partial charge on any atom is -0.377 e. The van der Waals surface area contributed by atoms with E-state index in [1.54, 1.807) is 21.3 Å². The van der Waals surface area contributed by atoms with Crippen molar-refractivity contribution in [3.63, 3.8) is 0 Å². The molecule has 0 radical (unpaired) electrons. The molecule has 22 heavy (non-hydrogen) atoms. The summed E-state index contributed by atoms with van der Waals surface area (Å²) in [5.41, 5.74) is 0.949. The van der Waals surface area contributed by atoms with E-state index in [0.29, 0.717) is 12.6 Å². The van der Waals surface area contributed by atoms with Crippen LogP contribution in [0.4, 0.5) is 10.5 Å². The van der Waals surface area contributed by atoms with E-state index >= 15 is 0 Å². The van der Waals surface area contributed by atoms with Gasteiger partial charge in [0.05, 0.1) is 0 Å². The van der Waals surface area contributed by atoms with Crippen LogP contribution in [0.5, 0.6) is 0 Å². The van der Waals surface area contributed by atoms with Crippen molar-refractivity contribution in [2.45, 2.75) is 12.5 Å². The molecule has 1 aromatic carbocycles. The molecule has 7 heteroatoms. The molecule has 0 bridgehead atoms. The summed E-state index contributed by atoms with van der Waals surface area (Å²) in [5, 5.41) is 0. The van der Waals surface area contributed by atoms with Crippen molar-refractivity contribution in [3.8, 4) is 0 Å². The molecule has 0 aliphatic carbocycles. The molecule has 1 fully saturated rings. The third-order valence-corrected chi connectivity index (χ3v) is 6.84. The Balaban J connectivity index is 1.87. The molecule has 1 aromatic rings. The van der Waals surface area contributed by atoms with Crippen LogP contribution in [0.2, 0.25) is 6.04 Å². The number of nitrogens with zero attached hydrogens (tertiary/aromatic N) is 2. The van der Waals surface area contributed by atoms with Crippen LogP contribution in [0, 0.1) is 0 Å². The summed E-state index contributed by atoms with van der Waals surface area (Å²) in [6, 6.07) is 10.5. The van der Waals surface area contributed by atoms with Crippen LogP contribution in [0.3, 0.4) is 0 Å².